The summed E-state index contributed by atoms with van der Waals surface area (Å²) in [7, 11) is 0. The van der Waals surface area contributed by atoms with Gasteiger partial charge < -0.3 is 20.1 Å². The number of rotatable bonds is 7. The fraction of sp³-hybridized carbons (Fsp3) is 0.533. The molecular weight excluding hydrogens is 260 g/mol. The molecule has 1 rings (SSSR count). The Bertz CT molecular complexity index is 442. The molecule has 0 aliphatic rings. The number of aliphatic hydroxyl groups excluding tert-OH is 1. The van der Waals surface area contributed by atoms with Crippen LogP contribution < -0.4 is 4.74 Å². The summed E-state index contributed by atoms with van der Waals surface area (Å²) in [5, 5.41) is 28.5. The summed E-state index contributed by atoms with van der Waals surface area (Å²) in [6.45, 7) is 4.26. The van der Waals surface area contributed by atoms with Gasteiger partial charge in [-0.05, 0) is 38.5 Å². The van der Waals surface area contributed by atoms with E-state index in [0.29, 0.717) is 5.75 Å². The van der Waals surface area contributed by atoms with Crippen LogP contribution in [0.3, 0.4) is 0 Å². The first-order valence-electron chi connectivity index (χ1n) is 6.49. The largest absolute Gasteiger partial charge is 0.491 e. The Kier molecular flexibility index (Phi) is 5.28. The number of hydrogen-bond donors (Lipinski definition) is 3. The highest BCUT2D eigenvalue weighted by Crippen LogP contribution is 2.22. The quantitative estimate of drug-likeness (QED) is 0.685. The van der Waals surface area contributed by atoms with Gasteiger partial charge in [-0.25, -0.2) is 0 Å². The smallest absolute Gasteiger partial charge is 0.195 e. The zero-order valence-electron chi connectivity index (χ0n) is 12.1. The van der Waals surface area contributed by atoms with Crippen molar-refractivity contribution in [3.05, 3.63) is 29.8 Å². The van der Waals surface area contributed by atoms with E-state index in [1.165, 1.54) is 20.8 Å². The normalized spacial score (nSPS) is 14.7. The number of benzene rings is 1. The van der Waals surface area contributed by atoms with E-state index in [1.807, 2.05) is 0 Å². The van der Waals surface area contributed by atoms with Gasteiger partial charge in [0.25, 0.3) is 0 Å². The van der Waals surface area contributed by atoms with E-state index in [1.54, 1.807) is 24.3 Å². The highest BCUT2D eigenvalue weighted by Gasteiger charge is 2.39. The van der Waals surface area contributed by atoms with Crippen LogP contribution in [0.1, 0.15) is 26.3 Å². The molecule has 1 aromatic carbocycles. The van der Waals surface area contributed by atoms with Crippen molar-refractivity contribution in [3.8, 4) is 5.75 Å². The average Bonchev–Trinajstić information content (AvgIpc) is 2.35. The SMILES string of the molecule is CC(C)(O)C(=O)C(C)(O)Cc1ccc(OCCO)cc1. The van der Waals surface area contributed by atoms with Crippen molar-refractivity contribution >= 4 is 5.78 Å². The van der Waals surface area contributed by atoms with Gasteiger partial charge in [-0.15, -0.1) is 0 Å². The summed E-state index contributed by atoms with van der Waals surface area (Å²) in [6.07, 6.45) is 0.107. The van der Waals surface area contributed by atoms with Crippen LogP contribution in [0, 0.1) is 0 Å². The molecule has 0 aromatic heterocycles. The van der Waals surface area contributed by atoms with Crippen LogP contribution in [0.2, 0.25) is 0 Å². The molecule has 0 saturated carbocycles. The third-order valence-corrected chi connectivity index (χ3v) is 2.88. The van der Waals surface area contributed by atoms with E-state index in [-0.39, 0.29) is 19.6 Å². The van der Waals surface area contributed by atoms with Crippen molar-refractivity contribution in [1.29, 1.82) is 0 Å². The number of hydrogen-bond acceptors (Lipinski definition) is 5. The second kappa shape index (κ2) is 6.35. The number of ketones is 1. The van der Waals surface area contributed by atoms with Crippen molar-refractivity contribution in [2.24, 2.45) is 0 Å². The summed E-state index contributed by atoms with van der Waals surface area (Å²) in [5.74, 6) is -0.0122. The van der Waals surface area contributed by atoms with Crippen molar-refractivity contribution in [3.63, 3.8) is 0 Å². The summed E-state index contributed by atoms with van der Waals surface area (Å²) in [6, 6.07) is 6.88. The predicted octanol–water partition coefficient (Wildman–Crippen LogP) is 0.691. The topological polar surface area (TPSA) is 87.0 Å². The van der Waals surface area contributed by atoms with Crippen LogP contribution in [-0.4, -0.2) is 45.5 Å². The molecule has 3 N–H and O–H groups in total. The van der Waals surface area contributed by atoms with Crippen LogP contribution in [0.5, 0.6) is 5.75 Å². The first-order valence-corrected chi connectivity index (χ1v) is 6.49. The number of aliphatic hydroxyl groups is 3. The van der Waals surface area contributed by atoms with E-state index in [2.05, 4.69) is 0 Å². The Morgan fingerprint density at radius 2 is 1.70 bits per heavy atom. The summed E-state index contributed by atoms with van der Waals surface area (Å²) in [4.78, 5) is 11.9. The number of Topliss-reactive ketones (excluding diaryl/α,β-unsaturated/α-hetero) is 1. The van der Waals surface area contributed by atoms with E-state index in [0.717, 1.165) is 5.56 Å². The lowest BCUT2D eigenvalue weighted by atomic mass is 9.84. The van der Waals surface area contributed by atoms with Gasteiger partial charge in [-0.3, -0.25) is 4.79 Å². The van der Waals surface area contributed by atoms with Crippen molar-refractivity contribution in [1.82, 2.24) is 0 Å². The van der Waals surface area contributed by atoms with Crippen LogP contribution in [0.15, 0.2) is 24.3 Å². The third-order valence-electron chi connectivity index (χ3n) is 2.88. The Morgan fingerprint density at radius 1 is 1.15 bits per heavy atom. The highest BCUT2D eigenvalue weighted by atomic mass is 16.5. The van der Waals surface area contributed by atoms with Gasteiger partial charge in [0.1, 0.15) is 23.6 Å². The van der Waals surface area contributed by atoms with Crippen LogP contribution in [0.4, 0.5) is 0 Å². The molecule has 20 heavy (non-hydrogen) atoms. The number of carbonyl (C=O) groups is 1. The first-order chi connectivity index (χ1) is 9.16. The molecule has 0 radical (unpaired) electrons. The summed E-state index contributed by atoms with van der Waals surface area (Å²) < 4.78 is 5.22. The van der Waals surface area contributed by atoms with Gasteiger partial charge in [0.15, 0.2) is 5.78 Å². The maximum atomic E-state index is 11.9. The van der Waals surface area contributed by atoms with Crippen LogP contribution in [-0.2, 0) is 11.2 Å². The summed E-state index contributed by atoms with van der Waals surface area (Å²) in [5.41, 5.74) is -2.46. The van der Waals surface area contributed by atoms with Crippen molar-refractivity contribution in [2.45, 2.75) is 38.4 Å². The molecule has 0 aliphatic heterocycles. The minimum absolute atomic E-state index is 0.0590. The molecule has 5 heteroatoms. The third kappa shape index (κ3) is 4.59. The fourth-order valence-electron chi connectivity index (χ4n) is 2.00. The zero-order chi connectivity index (χ0) is 15.4. The van der Waals surface area contributed by atoms with Crippen LogP contribution >= 0.6 is 0 Å². The van der Waals surface area contributed by atoms with Crippen molar-refractivity contribution in [2.75, 3.05) is 13.2 Å². The van der Waals surface area contributed by atoms with E-state index in [9.17, 15) is 15.0 Å². The zero-order valence-corrected chi connectivity index (χ0v) is 12.1. The number of ether oxygens (including phenoxy) is 1. The Hall–Kier alpha value is -1.43. The number of carbonyl (C=O) groups excluding carboxylic acids is 1. The van der Waals surface area contributed by atoms with E-state index in [4.69, 9.17) is 9.84 Å². The minimum Gasteiger partial charge on any atom is -0.491 e. The standard InChI is InChI=1S/C15H22O5/c1-14(2,18)13(17)15(3,19)10-11-4-6-12(7-5-11)20-9-8-16/h4-7,16,18-19H,8-10H2,1-3H3. The minimum atomic E-state index is -1.63. The van der Waals surface area contributed by atoms with E-state index >= 15 is 0 Å². The fourth-order valence-corrected chi connectivity index (χ4v) is 2.00. The molecule has 0 fully saturated rings. The molecule has 0 bridgehead atoms. The Balaban J connectivity index is 2.75. The lowest BCUT2D eigenvalue weighted by Crippen LogP contribution is -2.49. The molecule has 0 saturated heterocycles. The lowest BCUT2D eigenvalue weighted by Gasteiger charge is -2.28. The Labute approximate surface area is 118 Å². The van der Waals surface area contributed by atoms with Gasteiger partial charge in [-0.1, -0.05) is 12.1 Å². The molecule has 1 atom stereocenters. The van der Waals surface area contributed by atoms with Gasteiger partial charge in [0.2, 0.25) is 0 Å². The Morgan fingerprint density at radius 3 is 2.15 bits per heavy atom. The van der Waals surface area contributed by atoms with Gasteiger partial charge in [0, 0.05) is 6.42 Å². The molecular formula is C15H22O5. The second-order valence-electron chi connectivity index (χ2n) is 5.55. The molecule has 0 aliphatic carbocycles. The predicted molar refractivity (Wildman–Crippen MR) is 74.7 cm³/mol. The molecule has 1 unspecified atom stereocenters. The maximum Gasteiger partial charge on any atom is 0.195 e. The molecule has 0 heterocycles. The molecule has 112 valence electrons. The lowest BCUT2D eigenvalue weighted by molar-refractivity contribution is -0.152. The van der Waals surface area contributed by atoms with Gasteiger partial charge in [-0.2, -0.15) is 0 Å². The monoisotopic (exact) mass is 282 g/mol. The maximum absolute atomic E-state index is 11.9. The second-order valence-corrected chi connectivity index (χ2v) is 5.55. The molecule has 0 amide bonds. The average molecular weight is 282 g/mol. The first kappa shape index (κ1) is 16.6. The molecule has 5 nitrogen and oxygen atoms in total. The van der Waals surface area contributed by atoms with Gasteiger partial charge in [0.05, 0.1) is 6.61 Å². The molecule has 0 spiro atoms. The van der Waals surface area contributed by atoms with Crippen molar-refractivity contribution < 1.29 is 24.9 Å². The van der Waals surface area contributed by atoms with E-state index < -0.39 is 17.0 Å². The molecule has 1 aromatic rings. The highest BCUT2D eigenvalue weighted by molar-refractivity contribution is 5.93. The van der Waals surface area contributed by atoms with Crippen LogP contribution in [0.25, 0.3) is 0 Å². The van der Waals surface area contributed by atoms with Gasteiger partial charge >= 0.3 is 0 Å². The summed E-state index contributed by atoms with van der Waals surface area (Å²) >= 11 is 0.